The van der Waals surface area contributed by atoms with Crippen LogP contribution < -0.4 is 10.6 Å². The Morgan fingerprint density at radius 3 is 2.56 bits per heavy atom. The van der Waals surface area contributed by atoms with Gasteiger partial charge in [0.25, 0.3) is 0 Å². The Morgan fingerprint density at radius 1 is 1.24 bits per heavy atom. The van der Waals surface area contributed by atoms with E-state index in [0.717, 1.165) is 58.1 Å². The lowest BCUT2D eigenvalue weighted by Crippen LogP contribution is -2.68. The standard InChI is InChI=1S/C19H35N3O2S/c1-4-20-17(21-14-18(25-3)9-11-23-12-10-18)22-15-13-16(24-5-2)19(15)7-6-8-19/h15-16H,4-14H2,1-3H3,(H2,20,21,22). The average Bonchev–Trinajstić information content (AvgIpc) is 2.58. The fourth-order valence-corrected chi connectivity index (χ4v) is 5.29. The van der Waals surface area contributed by atoms with Crippen molar-refractivity contribution in [2.75, 3.05) is 39.2 Å². The second-order valence-corrected chi connectivity index (χ2v) is 8.93. The van der Waals surface area contributed by atoms with Crippen molar-refractivity contribution in [3.63, 3.8) is 0 Å². The first kappa shape index (κ1) is 19.3. The zero-order valence-corrected chi connectivity index (χ0v) is 16.9. The van der Waals surface area contributed by atoms with Gasteiger partial charge in [0.15, 0.2) is 5.96 Å². The maximum absolute atomic E-state index is 5.98. The molecule has 1 spiro atoms. The van der Waals surface area contributed by atoms with Gasteiger partial charge >= 0.3 is 0 Å². The van der Waals surface area contributed by atoms with Gasteiger partial charge in [0.05, 0.1) is 12.6 Å². The molecule has 6 heteroatoms. The van der Waals surface area contributed by atoms with Crippen LogP contribution in [0.4, 0.5) is 0 Å². The maximum atomic E-state index is 5.98. The molecule has 0 amide bonds. The topological polar surface area (TPSA) is 54.9 Å². The maximum Gasteiger partial charge on any atom is 0.191 e. The van der Waals surface area contributed by atoms with Crippen LogP contribution in [0.2, 0.25) is 0 Å². The molecule has 0 aromatic rings. The van der Waals surface area contributed by atoms with Gasteiger partial charge in [0.1, 0.15) is 0 Å². The molecule has 25 heavy (non-hydrogen) atoms. The first-order chi connectivity index (χ1) is 12.2. The van der Waals surface area contributed by atoms with Crippen LogP contribution in [-0.2, 0) is 9.47 Å². The average molecular weight is 370 g/mol. The van der Waals surface area contributed by atoms with E-state index in [-0.39, 0.29) is 4.75 Å². The number of ether oxygens (including phenoxy) is 2. The van der Waals surface area contributed by atoms with Crippen LogP contribution in [0.1, 0.15) is 52.4 Å². The third-order valence-corrected chi connectivity index (χ3v) is 7.86. The molecule has 0 aromatic carbocycles. The SMILES string of the molecule is CCNC(=NCC1(SC)CCOCC1)NC1CC(OCC)C12CCC2. The molecular formula is C19H35N3O2S. The van der Waals surface area contributed by atoms with Crippen molar-refractivity contribution in [2.45, 2.75) is 69.3 Å². The van der Waals surface area contributed by atoms with Crippen LogP contribution in [0, 0.1) is 5.41 Å². The quantitative estimate of drug-likeness (QED) is 0.534. The van der Waals surface area contributed by atoms with E-state index in [1.165, 1.54) is 19.3 Å². The van der Waals surface area contributed by atoms with Gasteiger partial charge in [-0.3, -0.25) is 4.99 Å². The van der Waals surface area contributed by atoms with Gasteiger partial charge in [0.2, 0.25) is 0 Å². The van der Waals surface area contributed by atoms with Gasteiger partial charge in [-0.15, -0.1) is 0 Å². The van der Waals surface area contributed by atoms with Crippen molar-refractivity contribution in [1.82, 2.24) is 10.6 Å². The molecule has 2 saturated carbocycles. The van der Waals surface area contributed by atoms with Crippen LogP contribution in [0.5, 0.6) is 0 Å². The molecule has 2 unspecified atom stereocenters. The lowest BCUT2D eigenvalue weighted by molar-refractivity contribution is -0.168. The second kappa shape index (κ2) is 8.49. The van der Waals surface area contributed by atoms with E-state index in [4.69, 9.17) is 14.5 Å². The molecule has 0 bridgehead atoms. The molecule has 0 radical (unpaired) electrons. The highest BCUT2D eigenvalue weighted by molar-refractivity contribution is 8.00. The largest absolute Gasteiger partial charge is 0.381 e. The zero-order chi connectivity index (χ0) is 17.8. The molecule has 3 fully saturated rings. The summed E-state index contributed by atoms with van der Waals surface area (Å²) in [5.41, 5.74) is 0.363. The van der Waals surface area contributed by atoms with Crippen LogP contribution in [0.25, 0.3) is 0 Å². The molecule has 2 aliphatic carbocycles. The number of hydrogen-bond donors (Lipinski definition) is 2. The van der Waals surface area contributed by atoms with Gasteiger partial charge in [-0.2, -0.15) is 11.8 Å². The molecule has 0 aromatic heterocycles. The van der Waals surface area contributed by atoms with Gasteiger partial charge in [-0.1, -0.05) is 6.42 Å². The Bertz CT molecular complexity index is 462. The molecule has 5 nitrogen and oxygen atoms in total. The first-order valence-corrected chi connectivity index (χ1v) is 11.2. The van der Waals surface area contributed by atoms with Crippen LogP contribution >= 0.6 is 11.8 Å². The highest BCUT2D eigenvalue weighted by atomic mass is 32.2. The Kier molecular flexibility index (Phi) is 6.55. The van der Waals surface area contributed by atoms with Crippen molar-refractivity contribution < 1.29 is 9.47 Å². The van der Waals surface area contributed by atoms with Gasteiger partial charge in [0, 0.05) is 42.6 Å². The minimum Gasteiger partial charge on any atom is -0.381 e. The lowest BCUT2D eigenvalue weighted by Gasteiger charge is -2.61. The van der Waals surface area contributed by atoms with Crippen molar-refractivity contribution in [3.8, 4) is 0 Å². The van der Waals surface area contributed by atoms with E-state index in [2.05, 4.69) is 30.7 Å². The molecule has 2 N–H and O–H groups in total. The van der Waals surface area contributed by atoms with Crippen LogP contribution in [-0.4, -0.2) is 62.0 Å². The Labute approximate surface area is 157 Å². The van der Waals surface area contributed by atoms with E-state index in [9.17, 15) is 0 Å². The molecule has 1 saturated heterocycles. The Hall–Kier alpha value is -0.460. The normalized spacial score (nSPS) is 30.4. The van der Waals surface area contributed by atoms with E-state index in [1.54, 1.807) is 0 Å². The zero-order valence-electron chi connectivity index (χ0n) is 16.1. The summed E-state index contributed by atoms with van der Waals surface area (Å²) >= 11 is 1.95. The summed E-state index contributed by atoms with van der Waals surface area (Å²) < 4.78 is 11.8. The molecule has 1 heterocycles. The first-order valence-electron chi connectivity index (χ1n) is 9.97. The minimum absolute atomic E-state index is 0.238. The Morgan fingerprint density at radius 2 is 2.00 bits per heavy atom. The number of guanidine groups is 1. The summed E-state index contributed by atoms with van der Waals surface area (Å²) in [6.07, 6.45) is 9.88. The van der Waals surface area contributed by atoms with Crippen molar-refractivity contribution in [2.24, 2.45) is 10.4 Å². The molecule has 3 rings (SSSR count). The summed E-state index contributed by atoms with van der Waals surface area (Å²) in [7, 11) is 0. The third-order valence-electron chi connectivity index (χ3n) is 6.45. The van der Waals surface area contributed by atoms with E-state index < -0.39 is 0 Å². The number of hydrogen-bond acceptors (Lipinski definition) is 4. The molecule has 2 atom stereocenters. The fourth-order valence-electron chi connectivity index (χ4n) is 4.52. The summed E-state index contributed by atoms with van der Waals surface area (Å²) in [5, 5.41) is 7.19. The molecular weight excluding hydrogens is 334 g/mol. The fraction of sp³-hybridized carbons (Fsp3) is 0.947. The summed E-state index contributed by atoms with van der Waals surface area (Å²) in [5.74, 6) is 0.980. The number of nitrogens with zero attached hydrogens (tertiary/aromatic N) is 1. The molecule has 144 valence electrons. The van der Waals surface area contributed by atoms with E-state index in [1.807, 2.05) is 11.8 Å². The smallest absolute Gasteiger partial charge is 0.191 e. The third kappa shape index (κ3) is 3.96. The monoisotopic (exact) mass is 369 g/mol. The highest BCUT2D eigenvalue weighted by Crippen LogP contribution is 2.57. The minimum atomic E-state index is 0.238. The predicted molar refractivity (Wildman–Crippen MR) is 106 cm³/mol. The van der Waals surface area contributed by atoms with E-state index >= 15 is 0 Å². The predicted octanol–water partition coefficient (Wildman–Crippen LogP) is 2.80. The summed E-state index contributed by atoms with van der Waals surface area (Å²) in [4.78, 5) is 4.97. The van der Waals surface area contributed by atoms with Crippen molar-refractivity contribution in [3.05, 3.63) is 0 Å². The number of aliphatic imine (C=N–C) groups is 1. The van der Waals surface area contributed by atoms with Gasteiger partial charge in [-0.05, 0) is 52.2 Å². The number of thioether (sulfide) groups is 1. The molecule has 3 aliphatic rings. The van der Waals surface area contributed by atoms with Crippen molar-refractivity contribution in [1.29, 1.82) is 0 Å². The van der Waals surface area contributed by atoms with E-state index in [0.29, 0.717) is 17.6 Å². The summed E-state index contributed by atoms with van der Waals surface area (Å²) in [6, 6.07) is 0.510. The molecule has 1 aliphatic heterocycles. The van der Waals surface area contributed by atoms with Crippen LogP contribution in [0.15, 0.2) is 4.99 Å². The second-order valence-electron chi connectivity index (χ2n) is 7.66. The Balaban J connectivity index is 1.61. The lowest BCUT2D eigenvalue weighted by atomic mass is 9.51. The highest BCUT2D eigenvalue weighted by Gasteiger charge is 2.59. The van der Waals surface area contributed by atoms with Crippen molar-refractivity contribution >= 4 is 17.7 Å². The number of nitrogens with one attached hydrogen (secondary N) is 2. The summed E-state index contributed by atoms with van der Waals surface area (Å²) in [6.45, 7) is 8.56. The van der Waals surface area contributed by atoms with Crippen LogP contribution in [0.3, 0.4) is 0 Å². The van der Waals surface area contributed by atoms with Gasteiger partial charge in [-0.25, -0.2) is 0 Å². The number of rotatable bonds is 7. The van der Waals surface area contributed by atoms with Gasteiger partial charge < -0.3 is 20.1 Å².